The summed E-state index contributed by atoms with van der Waals surface area (Å²) in [4.78, 5) is 6.94. The number of aryl methyl sites for hydroxylation is 1. The molecule has 4 heteroatoms. The predicted molar refractivity (Wildman–Crippen MR) is 80.7 cm³/mol. The van der Waals surface area contributed by atoms with Crippen molar-refractivity contribution in [3.63, 3.8) is 0 Å². The number of methoxy groups -OCH3 is 1. The van der Waals surface area contributed by atoms with Crippen LogP contribution in [0.25, 0.3) is 10.9 Å². The molecule has 1 aromatic heterocycles. The molecule has 4 nitrogen and oxygen atoms in total. The van der Waals surface area contributed by atoms with Gasteiger partial charge in [0.25, 0.3) is 0 Å². The van der Waals surface area contributed by atoms with Gasteiger partial charge in [0.05, 0.1) is 19.8 Å². The number of anilines is 1. The molecule has 0 bridgehead atoms. The Balaban J connectivity index is 2.14. The van der Waals surface area contributed by atoms with Crippen LogP contribution in [0, 0.1) is 6.92 Å². The molecule has 1 fully saturated rings. The number of para-hydroxylation sites is 1. The third-order valence-corrected chi connectivity index (χ3v) is 3.96. The Kier molecular flexibility index (Phi) is 3.49. The van der Waals surface area contributed by atoms with Crippen LogP contribution < -0.4 is 9.64 Å². The van der Waals surface area contributed by atoms with Gasteiger partial charge in [0.2, 0.25) is 0 Å². The number of aromatic nitrogens is 1. The van der Waals surface area contributed by atoms with Crippen LogP contribution >= 0.6 is 0 Å². The number of benzene rings is 1. The molecule has 1 saturated heterocycles. The average Bonchev–Trinajstić information content (AvgIpc) is 2.99. The largest absolute Gasteiger partial charge is 0.494 e. The summed E-state index contributed by atoms with van der Waals surface area (Å²) in [5.74, 6) is 0.823. The van der Waals surface area contributed by atoms with Gasteiger partial charge < -0.3 is 14.4 Å². The van der Waals surface area contributed by atoms with E-state index in [-0.39, 0.29) is 0 Å². The fraction of sp³-hybridized carbons (Fsp3) is 0.438. The molecule has 1 aliphatic rings. The van der Waals surface area contributed by atoms with E-state index in [0.717, 1.165) is 42.0 Å². The van der Waals surface area contributed by atoms with Crippen LogP contribution in [-0.2, 0) is 4.74 Å². The summed E-state index contributed by atoms with van der Waals surface area (Å²) in [7, 11) is 3.82. The van der Waals surface area contributed by atoms with E-state index in [0.29, 0.717) is 6.04 Å². The Morgan fingerprint density at radius 3 is 2.95 bits per heavy atom. The number of ether oxygens (including phenoxy) is 2. The van der Waals surface area contributed by atoms with Crippen molar-refractivity contribution in [2.24, 2.45) is 0 Å². The number of hydrogen-bond acceptors (Lipinski definition) is 4. The maximum absolute atomic E-state index is 5.50. The first-order valence-electron chi connectivity index (χ1n) is 6.95. The molecule has 1 atom stereocenters. The van der Waals surface area contributed by atoms with E-state index in [2.05, 4.69) is 29.1 Å². The van der Waals surface area contributed by atoms with Crippen LogP contribution in [0.4, 0.5) is 5.69 Å². The van der Waals surface area contributed by atoms with E-state index in [4.69, 9.17) is 9.47 Å². The number of fused-ring (bicyclic) bond motifs is 1. The maximum Gasteiger partial charge on any atom is 0.145 e. The smallest absolute Gasteiger partial charge is 0.145 e. The summed E-state index contributed by atoms with van der Waals surface area (Å²) < 4.78 is 10.9. The topological polar surface area (TPSA) is 34.6 Å². The Morgan fingerprint density at radius 2 is 2.25 bits per heavy atom. The highest BCUT2D eigenvalue weighted by Crippen LogP contribution is 2.33. The second-order valence-corrected chi connectivity index (χ2v) is 5.27. The van der Waals surface area contributed by atoms with E-state index in [1.54, 1.807) is 7.11 Å². The second kappa shape index (κ2) is 5.29. The van der Waals surface area contributed by atoms with Crippen LogP contribution in [0.3, 0.4) is 0 Å². The summed E-state index contributed by atoms with van der Waals surface area (Å²) in [6, 6.07) is 8.65. The van der Waals surface area contributed by atoms with Crippen molar-refractivity contribution in [1.82, 2.24) is 4.98 Å². The second-order valence-electron chi connectivity index (χ2n) is 5.27. The Bertz CT molecular complexity index is 621. The van der Waals surface area contributed by atoms with Crippen LogP contribution in [0.15, 0.2) is 24.3 Å². The highest BCUT2D eigenvalue weighted by Gasteiger charge is 2.22. The summed E-state index contributed by atoms with van der Waals surface area (Å²) in [5.41, 5.74) is 3.13. The number of likely N-dealkylation sites (N-methyl/N-ethyl adjacent to an activating group) is 1. The van der Waals surface area contributed by atoms with Crippen LogP contribution in [0.5, 0.6) is 5.75 Å². The molecular formula is C16H20N2O2. The molecular weight excluding hydrogens is 252 g/mol. The van der Waals surface area contributed by atoms with Gasteiger partial charge in [-0.15, -0.1) is 0 Å². The zero-order valence-electron chi connectivity index (χ0n) is 12.2. The van der Waals surface area contributed by atoms with E-state index in [9.17, 15) is 0 Å². The van der Waals surface area contributed by atoms with Gasteiger partial charge >= 0.3 is 0 Å². The van der Waals surface area contributed by atoms with Crippen LogP contribution in [0.1, 0.15) is 12.1 Å². The summed E-state index contributed by atoms with van der Waals surface area (Å²) in [5, 5.41) is 1.13. The van der Waals surface area contributed by atoms with Crippen LogP contribution in [-0.4, -0.2) is 38.4 Å². The third kappa shape index (κ3) is 2.20. The lowest BCUT2D eigenvalue weighted by molar-refractivity contribution is 0.193. The average molecular weight is 272 g/mol. The molecule has 1 aromatic carbocycles. The molecule has 2 aromatic rings. The normalized spacial score (nSPS) is 18.4. The van der Waals surface area contributed by atoms with Gasteiger partial charge in [-0.2, -0.15) is 0 Å². The molecule has 0 spiro atoms. The predicted octanol–water partition coefficient (Wildman–Crippen LogP) is 2.78. The number of hydrogen-bond donors (Lipinski definition) is 0. The van der Waals surface area contributed by atoms with Gasteiger partial charge in [0.15, 0.2) is 0 Å². The molecule has 0 radical (unpaired) electrons. The molecule has 106 valence electrons. The quantitative estimate of drug-likeness (QED) is 0.860. The van der Waals surface area contributed by atoms with Crippen molar-refractivity contribution in [2.75, 3.05) is 32.3 Å². The Labute approximate surface area is 119 Å². The highest BCUT2D eigenvalue weighted by atomic mass is 16.5. The molecule has 3 rings (SSSR count). The standard InChI is InChI=1S/C16H20N2O2/c1-11-9-14(18(2)12-7-8-20-10-12)13-5-4-6-15(19-3)16(13)17-11/h4-6,9,12H,7-8,10H2,1-3H3. The first kappa shape index (κ1) is 13.2. The van der Waals surface area contributed by atoms with Gasteiger partial charge in [0, 0.05) is 30.4 Å². The minimum Gasteiger partial charge on any atom is -0.494 e. The third-order valence-electron chi connectivity index (χ3n) is 3.96. The van der Waals surface area contributed by atoms with Crippen molar-refractivity contribution >= 4 is 16.6 Å². The van der Waals surface area contributed by atoms with Gasteiger partial charge in [-0.05, 0) is 25.5 Å². The van der Waals surface area contributed by atoms with Crippen molar-refractivity contribution in [1.29, 1.82) is 0 Å². The monoisotopic (exact) mass is 272 g/mol. The summed E-state index contributed by atoms with van der Waals surface area (Å²) in [6.07, 6.45) is 1.07. The van der Waals surface area contributed by atoms with Gasteiger partial charge in [-0.3, -0.25) is 0 Å². The summed E-state index contributed by atoms with van der Waals surface area (Å²) in [6.45, 7) is 3.66. The molecule has 0 N–H and O–H groups in total. The first-order valence-corrected chi connectivity index (χ1v) is 6.95. The van der Waals surface area contributed by atoms with E-state index in [1.807, 2.05) is 19.1 Å². The van der Waals surface area contributed by atoms with Gasteiger partial charge in [-0.1, -0.05) is 12.1 Å². The Hall–Kier alpha value is -1.81. The zero-order valence-corrected chi connectivity index (χ0v) is 12.2. The highest BCUT2D eigenvalue weighted by molar-refractivity contribution is 5.95. The molecule has 1 aliphatic heterocycles. The van der Waals surface area contributed by atoms with E-state index < -0.39 is 0 Å². The lowest BCUT2D eigenvalue weighted by atomic mass is 10.1. The minimum absolute atomic E-state index is 0.436. The van der Waals surface area contributed by atoms with Crippen molar-refractivity contribution in [3.8, 4) is 5.75 Å². The number of rotatable bonds is 3. The minimum atomic E-state index is 0.436. The Morgan fingerprint density at radius 1 is 1.40 bits per heavy atom. The van der Waals surface area contributed by atoms with Gasteiger partial charge in [-0.25, -0.2) is 4.98 Å². The van der Waals surface area contributed by atoms with Crippen LogP contribution in [0.2, 0.25) is 0 Å². The number of pyridine rings is 1. The van der Waals surface area contributed by atoms with E-state index in [1.165, 1.54) is 5.69 Å². The molecule has 2 heterocycles. The molecule has 20 heavy (non-hydrogen) atoms. The lowest BCUT2D eigenvalue weighted by Crippen LogP contribution is -2.32. The molecule has 1 unspecified atom stereocenters. The number of nitrogens with zero attached hydrogens (tertiary/aromatic N) is 2. The fourth-order valence-corrected chi connectivity index (χ4v) is 2.81. The SMILES string of the molecule is COc1cccc2c(N(C)C3CCOC3)cc(C)nc12. The van der Waals surface area contributed by atoms with E-state index >= 15 is 0 Å². The van der Waals surface area contributed by atoms with Crippen molar-refractivity contribution in [2.45, 2.75) is 19.4 Å². The zero-order chi connectivity index (χ0) is 14.1. The van der Waals surface area contributed by atoms with Gasteiger partial charge in [0.1, 0.15) is 11.3 Å². The fourth-order valence-electron chi connectivity index (χ4n) is 2.81. The first-order chi connectivity index (χ1) is 9.70. The lowest BCUT2D eigenvalue weighted by Gasteiger charge is -2.27. The summed E-state index contributed by atoms with van der Waals surface area (Å²) >= 11 is 0. The maximum atomic E-state index is 5.50. The molecule has 0 aliphatic carbocycles. The van der Waals surface area contributed by atoms with Crippen molar-refractivity contribution in [3.05, 3.63) is 30.0 Å². The molecule has 0 saturated carbocycles. The molecule has 0 amide bonds. The van der Waals surface area contributed by atoms with Crippen molar-refractivity contribution < 1.29 is 9.47 Å².